The summed E-state index contributed by atoms with van der Waals surface area (Å²) in [6, 6.07) is 11.9. The van der Waals surface area contributed by atoms with Crippen molar-refractivity contribution in [1.82, 2.24) is 14.8 Å². The van der Waals surface area contributed by atoms with Crippen molar-refractivity contribution >= 4 is 0 Å². The SMILES string of the molecule is Cc1cccc(C)c1-c1cc(F)c[c-]c1-c1ncnn1C.[Ir]. The summed E-state index contributed by atoms with van der Waals surface area (Å²) in [6.45, 7) is 4.04. The van der Waals surface area contributed by atoms with E-state index in [2.05, 4.69) is 16.1 Å². The molecule has 3 rings (SSSR count). The smallest absolute Gasteiger partial charge is 0.127 e. The van der Waals surface area contributed by atoms with Crippen molar-refractivity contribution in [1.29, 1.82) is 0 Å². The van der Waals surface area contributed by atoms with Gasteiger partial charge in [0.1, 0.15) is 6.33 Å². The molecule has 0 saturated heterocycles. The maximum absolute atomic E-state index is 13.8. The minimum Gasteiger partial charge on any atom is -0.289 e. The Morgan fingerprint density at radius 2 is 1.86 bits per heavy atom. The molecule has 3 aromatic rings. The first-order valence-corrected chi connectivity index (χ1v) is 6.70. The van der Waals surface area contributed by atoms with Crippen molar-refractivity contribution < 1.29 is 24.5 Å². The summed E-state index contributed by atoms with van der Waals surface area (Å²) in [7, 11) is 1.81. The normalized spacial score (nSPS) is 10.4. The van der Waals surface area contributed by atoms with Crippen LogP contribution in [-0.2, 0) is 27.2 Å². The quantitative estimate of drug-likeness (QED) is 0.533. The molecule has 1 radical (unpaired) electrons. The molecular weight excluding hydrogens is 457 g/mol. The number of benzene rings is 2. The molecule has 5 heteroatoms. The summed E-state index contributed by atoms with van der Waals surface area (Å²) < 4.78 is 15.4. The fraction of sp³-hybridized carbons (Fsp3) is 0.176. The van der Waals surface area contributed by atoms with Crippen molar-refractivity contribution in [3.8, 4) is 22.5 Å². The Morgan fingerprint density at radius 1 is 1.18 bits per heavy atom. The zero-order valence-electron chi connectivity index (χ0n) is 12.5. The molecule has 0 aliphatic carbocycles. The van der Waals surface area contributed by atoms with Gasteiger partial charge in [-0.15, -0.1) is 18.2 Å². The van der Waals surface area contributed by atoms with E-state index in [0.717, 1.165) is 27.8 Å². The second-order valence-corrected chi connectivity index (χ2v) is 5.08. The summed E-state index contributed by atoms with van der Waals surface area (Å²) in [5.41, 5.74) is 4.76. The standard InChI is InChI=1S/C17H15FN3.Ir/c1-11-5-4-6-12(2)16(11)15-9-13(18)7-8-14(15)17-19-10-20-21(17)3;/h4-7,9-10H,1-3H3;/q-1;. The second kappa shape index (κ2) is 6.51. The van der Waals surface area contributed by atoms with Gasteiger partial charge in [-0.05, 0) is 13.8 Å². The van der Waals surface area contributed by atoms with Gasteiger partial charge >= 0.3 is 0 Å². The molecule has 1 aromatic heterocycles. The van der Waals surface area contributed by atoms with Crippen molar-refractivity contribution in [3.05, 3.63) is 59.7 Å². The largest absolute Gasteiger partial charge is 0.289 e. The monoisotopic (exact) mass is 473 g/mol. The van der Waals surface area contributed by atoms with E-state index in [1.54, 1.807) is 4.68 Å². The van der Waals surface area contributed by atoms with E-state index in [9.17, 15) is 4.39 Å². The van der Waals surface area contributed by atoms with Crippen LogP contribution in [0.5, 0.6) is 0 Å². The van der Waals surface area contributed by atoms with Crippen LogP contribution >= 0.6 is 0 Å². The van der Waals surface area contributed by atoms with Gasteiger partial charge in [0.2, 0.25) is 0 Å². The third-order valence-electron chi connectivity index (χ3n) is 3.59. The van der Waals surface area contributed by atoms with Gasteiger partial charge in [-0.25, -0.2) is 0 Å². The summed E-state index contributed by atoms with van der Waals surface area (Å²) in [4.78, 5) is 4.26. The van der Waals surface area contributed by atoms with E-state index in [-0.39, 0.29) is 25.9 Å². The van der Waals surface area contributed by atoms with Gasteiger partial charge in [0.05, 0.1) is 5.82 Å². The van der Waals surface area contributed by atoms with Gasteiger partial charge < -0.3 is 0 Å². The van der Waals surface area contributed by atoms with Crippen LogP contribution in [0.15, 0.2) is 36.7 Å². The predicted octanol–water partition coefficient (Wildman–Crippen LogP) is 3.70. The minimum atomic E-state index is -0.307. The minimum absolute atomic E-state index is 0. The van der Waals surface area contributed by atoms with Crippen molar-refractivity contribution in [2.45, 2.75) is 13.8 Å². The number of aromatic nitrogens is 3. The summed E-state index contributed by atoms with van der Waals surface area (Å²) >= 11 is 0. The fourth-order valence-electron chi connectivity index (χ4n) is 2.61. The Kier molecular flexibility index (Phi) is 4.89. The molecule has 0 atom stereocenters. The molecule has 0 amide bonds. The third-order valence-corrected chi connectivity index (χ3v) is 3.59. The van der Waals surface area contributed by atoms with Gasteiger partial charge in [-0.3, -0.25) is 14.1 Å². The van der Waals surface area contributed by atoms with Gasteiger partial charge in [0, 0.05) is 33.0 Å². The number of hydrogen-bond acceptors (Lipinski definition) is 2. The molecule has 0 unspecified atom stereocenters. The van der Waals surface area contributed by atoms with E-state index >= 15 is 0 Å². The number of halogens is 1. The second-order valence-electron chi connectivity index (χ2n) is 5.08. The number of rotatable bonds is 2. The Morgan fingerprint density at radius 3 is 2.45 bits per heavy atom. The van der Waals surface area contributed by atoms with Crippen LogP contribution in [0, 0.1) is 25.7 Å². The Labute approximate surface area is 142 Å². The molecule has 22 heavy (non-hydrogen) atoms. The van der Waals surface area contributed by atoms with Gasteiger partial charge in [-0.2, -0.15) is 5.10 Å². The summed E-state index contributed by atoms with van der Waals surface area (Å²) in [5, 5.41) is 4.09. The van der Waals surface area contributed by atoms with Crippen molar-refractivity contribution in [2.75, 3.05) is 0 Å². The van der Waals surface area contributed by atoms with Crippen molar-refractivity contribution in [2.24, 2.45) is 7.05 Å². The summed E-state index contributed by atoms with van der Waals surface area (Å²) in [6.07, 6.45) is 1.49. The molecule has 2 aromatic carbocycles. The number of aryl methyl sites for hydroxylation is 3. The zero-order chi connectivity index (χ0) is 15.0. The van der Waals surface area contributed by atoms with Crippen LogP contribution < -0.4 is 0 Å². The average Bonchev–Trinajstić information content (AvgIpc) is 2.85. The number of hydrogen-bond donors (Lipinski definition) is 0. The molecule has 0 aliphatic heterocycles. The zero-order valence-corrected chi connectivity index (χ0v) is 14.9. The van der Waals surface area contributed by atoms with Gasteiger partial charge in [0.25, 0.3) is 0 Å². The first-order valence-electron chi connectivity index (χ1n) is 6.70. The van der Waals surface area contributed by atoms with Gasteiger partial charge in [-0.1, -0.05) is 46.0 Å². The Bertz CT molecular complexity index is 791. The molecule has 0 N–H and O–H groups in total. The van der Waals surface area contributed by atoms with E-state index in [1.165, 1.54) is 18.5 Å². The molecule has 3 nitrogen and oxygen atoms in total. The van der Waals surface area contributed by atoms with E-state index in [0.29, 0.717) is 5.82 Å². The average molecular weight is 473 g/mol. The predicted molar refractivity (Wildman–Crippen MR) is 80.1 cm³/mol. The van der Waals surface area contributed by atoms with Crippen LogP contribution in [-0.4, -0.2) is 14.8 Å². The Balaban J connectivity index is 0.00000176. The molecule has 0 spiro atoms. The maximum Gasteiger partial charge on any atom is 0.127 e. The van der Waals surface area contributed by atoms with E-state index in [1.807, 2.05) is 39.1 Å². The topological polar surface area (TPSA) is 30.7 Å². The van der Waals surface area contributed by atoms with E-state index < -0.39 is 0 Å². The molecule has 0 saturated carbocycles. The van der Waals surface area contributed by atoms with Crippen LogP contribution in [0.3, 0.4) is 0 Å². The number of nitrogens with zero attached hydrogens (tertiary/aromatic N) is 3. The third kappa shape index (κ3) is 2.87. The summed E-state index contributed by atoms with van der Waals surface area (Å²) in [5.74, 6) is 0.367. The Hall–Kier alpha value is -1.84. The molecule has 0 fully saturated rings. The molecule has 115 valence electrons. The van der Waals surface area contributed by atoms with Crippen molar-refractivity contribution in [3.63, 3.8) is 0 Å². The molecule has 0 bridgehead atoms. The molecule has 1 heterocycles. The van der Waals surface area contributed by atoms with Gasteiger partial charge in [0.15, 0.2) is 0 Å². The van der Waals surface area contributed by atoms with Crippen LogP contribution in [0.4, 0.5) is 4.39 Å². The maximum atomic E-state index is 13.8. The first-order chi connectivity index (χ1) is 10.1. The first kappa shape index (κ1) is 16.5. The molecular formula is C17H15FIrN3-. The van der Waals surface area contributed by atoms with Crippen LogP contribution in [0.1, 0.15) is 11.1 Å². The fourth-order valence-corrected chi connectivity index (χ4v) is 2.61. The van der Waals surface area contributed by atoms with E-state index in [4.69, 9.17) is 0 Å². The van der Waals surface area contributed by atoms with Crippen LogP contribution in [0.2, 0.25) is 0 Å². The molecule has 0 aliphatic rings. The van der Waals surface area contributed by atoms with Crippen LogP contribution in [0.25, 0.3) is 22.5 Å².